The molecule has 3 rings (SSSR count). The molecule has 2 saturated carbocycles. The predicted octanol–water partition coefficient (Wildman–Crippen LogP) is 1.77. The molecule has 3 N–H and O–H groups in total. The van der Waals surface area contributed by atoms with Crippen LogP contribution in [0.3, 0.4) is 0 Å². The fourth-order valence-corrected chi connectivity index (χ4v) is 5.59. The first-order valence-corrected chi connectivity index (χ1v) is 9.99. The number of rotatable bonds is 7. The molecule has 0 saturated heterocycles. The zero-order chi connectivity index (χ0) is 18.0. The summed E-state index contributed by atoms with van der Waals surface area (Å²) in [5.74, 6) is -0.628. The van der Waals surface area contributed by atoms with Crippen LogP contribution >= 0.6 is 0 Å². The van der Waals surface area contributed by atoms with Crippen LogP contribution in [-0.2, 0) is 14.8 Å². The third kappa shape index (κ3) is 3.94. The number of carboxylic acid groups (broad SMARTS) is 1. The van der Waals surface area contributed by atoms with E-state index in [1.54, 1.807) is 36.4 Å². The molecule has 0 spiro atoms. The number of carboxylic acids is 1. The summed E-state index contributed by atoms with van der Waals surface area (Å²) in [4.78, 5) is 10.8. The molecular weight excluding hydrogens is 342 g/mol. The van der Waals surface area contributed by atoms with Gasteiger partial charge in [0.25, 0.3) is 0 Å². The van der Waals surface area contributed by atoms with Crippen molar-refractivity contribution in [2.45, 2.75) is 42.7 Å². The van der Waals surface area contributed by atoms with Gasteiger partial charge >= 0.3 is 5.97 Å². The fourth-order valence-electron chi connectivity index (χ4n) is 4.23. The molecule has 1 aromatic carbocycles. The number of benzene rings is 1. The number of fused-ring (bicyclic) bond motifs is 2. The number of nitrogens with one attached hydrogen (secondary N) is 1. The number of aliphatic hydroxyl groups is 1. The molecule has 0 amide bonds. The Balaban J connectivity index is 1.75. The van der Waals surface area contributed by atoms with Gasteiger partial charge in [0.05, 0.1) is 17.4 Å². The molecule has 1 aromatic rings. The van der Waals surface area contributed by atoms with E-state index in [0.717, 1.165) is 6.42 Å². The van der Waals surface area contributed by atoms with E-state index in [2.05, 4.69) is 4.72 Å². The van der Waals surface area contributed by atoms with Crippen molar-refractivity contribution in [1.29, 1.82) is 0 Å². The molecule has 5 atom stereocenters. The van der Waals surface area contributed by atoms with Crippen molar-refractivity contribution in [2.24, 2.45) is 17.8 Å². The summed E-state index contributed by atoms with van der Waals surface area (Å²) < 4.78 is 28.1. The molecule has 6 nitrogen and oxygen atoms in total. The number of sulfonamides is 1. The second-order valence-corrected chi connectivity index (χ2v) is 8.61. The fraction of sp³-hybridized carbons (Fsp3) is 0.500. The van der Waals surface area contributed by atoms with E-state index in [9.17, 15) is 18.3 Å². The molecule has 2 aliphatic rings. The average molecular weight is 365 g/mol. The highest BCUT2D eigenvalue weighted by Crippen LogP contribution is 2.50. The van der Waals surface area contributed by atoms with E-state index in [4.69, 9.17) is 5.11 Å². The van der Waals surface area contributed by atoms with Gasteiger partial charge < -0.3 is 10.2 Å². The lowest BCUT2D eigenvalue weighted by Gasteiger charge is -2.33. The standard InChI is InChI=1S/C18H23NO5S/c20-16-11-12-10-15(16)18(14(12)8-4-5-9-17(21)22)19-25(23,24)13-6-2-1-3-7-13/h1-7,12,14-16,18-20H,8-11H2,(H,21,22)/b5-4-. The molecule has 0 radical (unpaired) electrons. The smallest absolute Gasteiger partial charge is 0.307 e. The van der Waals surface area contributed by atoms with Crippen molar-refractivity contribution in [3.05, 3.63) is 42.5 Å². The zero-order valence-electron chi connectivity index (χ0n) is 13.8. The number of hydrogen-bond donors (Lipinski definition) is 3. The Morgan fingerprint density at radius 1 is 1.20 bits per heavy atom. The number of allylic oxidation sites excluding steroid dienone is 1. The Bertz CT molecular complexity index is 746. The Kier molecular flexibility index (Phi) is 5.27. The Morgan fingerprint density at radius 2 is 1.92 bits per heavy atom. The highest BCUT2D eigenvalue weighted by atomic mass is 32.2. The molecule has 5 unspecified atom stereocenters. The highest BCUT2D eigenvalue weighted by molar-refractivity contribution is 7.89. The Hall–Kier alpha value is -1.70. The molecule has 2 fully saturated rings. The predicted molar refractivity (Wildman–Crippen MR) is 92.3 cm³/mol. The lowest BCUT2D eigenvalue weighted by molar-refractivity contribution is -0.136. The van der Waals surface area contributed by atoms with E-state index in [-0.39, 0.29) is 35.1 Å². The minimum Gasteiger partial charge on any atom is -0.481 e. The van der Waals surface area contributed by atoms with Crippen LogP contribution in [0.25, 0.3) is 0 Å². The quantitative estimate of drug-likeness (QED) is 0.639. The van der Waals surface area contributed by atoms with Gasteiger partial charge in [-0.25, -0.2) is 13.1 Å². The third-order valence-corrected chi connectivity index (χ3v) is 6.83. The van der Waals surface area contributed by atoms with Gasteiger partial charge in [-0.05, 0) is 43.2 Å². The van der Waals surface area contributed by atoms with E-state index in [1.165, 1.54) is 0 Å². The molecular formula is C18H23NO5S. The van der Waals surface area contributed by atoms with Crippen LogP contribution in [0.2, 0.25) is 0 Å². The van der Waals surface area contributed by atoms with Crippen LogP contribution in [-0.4, -0.2) is 36.7 Å². The van der Waals surface area contributed by atoms with E-state index >= 15 is 0 Å². The molecule has 0 aliphatic heterocycles. The molecule has 136 valence electrons. The first kappa shape index (κ1) is 18.1. The van der Waals surface area contributed by atoms with Gasteiger partial charge in [-0.15, -0.1) is 0 Å². The van der Waals surface area contributed by atoms with Gasteiger partial charge in [-0.1, -0.05) is 30.4 Å². The summed E-state index contributed by atoms with van der Waals surface area (Å²) in [7, 11) is -3.65. The summed E-state index contributed by atoms with van der Waals surface area (Å²) in [5.41, 5.74) is 0. The van der Waals surface area contributed by atoms with Crippen LogP contribution in [0.15, 0.2) is 47.4 Å². The van der Waals surface area contributed by atoms with Crippen molar-refractivity contribution in [3.8, 4) is 0 Å². The summed E-state index contributed by atoms with van der Waals surface area (Å²) in [6.45, 7) is 0. The van der Waals surface area contributed by atoms with Gasteiger partial charge in [0.1, 0.15) is 0 Å². The monoisotopic (exact) mass is 365 g/mol. The van der Waals surface area contributed by atoms with Crippen LogP contribution in [0.1, 0.15) is 25.7 Å². The second-order valence-electron chi connectivity index (χ2n) is 6.89. The maximum atomic E-state index is 12.6. The maximum Gasteiger partial charge on any atom is 0.307 e. The Labute approximate surface area is 147 Å². The molecule has 2 aliphatic carbocycles. The second kappa shape index (κ2) is 7.27. The number of aliphatic hydroxyl groups excluding tert-OH is 1. The van der Waals surface area contributed by atoms with Crippen molar-refractivity contribution >= 4 is 16.0 Å². The summed E-state index contributed by atoms with van der Waals surface area (Å²) in [6.07, 6.45) is 5.01. The largest absolute Gasteiger partial charge is 0.481 e. The molecule has 25 heavy (non-hydrogen) atoms. The summed E-state index contributed by atoms with van der Waals surface area (Å²) >= 11 is 0. The summed E-state index contributed by atoms with van der Waals surface area (Å²) in [5, 5.41) is 18.9. The van der Waals surface area contributed by atoms with E-state index < -0.39 is 22.1 Å². The van der Waals surface area contributed by atoms with E-state index in [1.807, 2.05) is 6.08 Å². The maximum absolute atomic E-state index is 12.6. The molecule has 0 heterocycles. The number of aliphatic carboxylic acids is 1. The summed E-state index contributed by atoms with van der Waals surface area (Å²) in [6, 6.07) is 7.89. The number of carbonyl (C=O) groups is 1. The van der Waals surface area contributed by atoms with Gasteiger partial charge in [0, 0.05) is 12.0 Å². The van der Waals surface area contributed by atoms with Crippen molar-refractivity contribution in [1.82, 2.24) is 4.72 Å². The first-order chi connectivity index (χ1) is 11.9. The molecule has 2 bridgehead atoms. The normalized spacial score (nSPS) is 31.6. The van der Waals surface area contributed by atoms with Crippen LogP contribution in [0.5, 0.6) is 0 Å². The van der Waals surface area contributed by atoms with Gasteiger partial charge in [-0.2, -0.15) is 0 Å². The van der Waals surface area contributed by atoms with Crippen molar-refractivity contribution < 1.29 is 23.4 Å². The average Bonchev–Trinajstić information content (AvgIpc) is 3.09. The van der Waals surface area contributed by atoms with Crippen LogP contribution < -0.4 is 4.72 Å². The minimum absolute atomic E-state index is 0.0378. The highest BCUT2D eigenvalue weighted by Gasteiger charge is 2.52. The lowest BCUT2D eigenvalue weighted by Crippen LogP contribution is -2.47. The SMILES string of the molecule is O=C(O)C/C=C\CC1C2CC(O)C(C2)C1NS(=O)(=O)c1ccccc1. The third-order valence-electron chi connectivity index (χ3n) is 5.35. The number of hydrogen-bond acceptors (Lipinski definition) is 4. The van der Waals surface area contributed by atoms with Crippen LogP contribution in [0, 0.1) is 17.8 Å². The van der Waals surface area contributed by atoms with Crippen molar-refractivity contribution in [3.63, 3.8) is 0 Å². The van der Waals surface area contributed by atoms with E-state index in [0.29, 0.717) is 12.8 Å². The lowest BCUT2D eigenvalue weighted by atomic mass is 9.81. The van der Waals surface area contributed by atoms with Gasteiger partial charge in [0.15, 0.2) is 0 Å². The Morgan fingerprint density at radius 3 is 2.60 bits per heavy atom. The molecule has 0 aromatic heterocycles. The van der Waals surface area contributed by atoms with Gasteiger partial charge in [0.2, 0.25) is 10.0 Å². The van der Waals surface area contributed by atoms with Crippen LogP contribution in [0.4, 0.5) is 0 Å². The van der Waals surface area contributed by atoms with Crippen molar-refractivity contribution in [2.75, 3.05) is 0 Å². The topological polar surface area (TPSA) is 104 Å². The minimum atomic E-state index is -3.65. The van der Waals surface area contributed by atoms with Gasteiger partial charge in [-0.3, -0.25) is 4.79 Å². The molecule has 7 heteroatoms. The first-order valence-electron chi connectivity index (χ1n) is 8.50. The zero-order valence-corrected chi connectivity index (χ0v) is 14.6.